The molecule has 0 aromatic heterocycles. The van der Waals surface area contributed by atoms with Crippen molar-refractivity contribution in [2.75, 3.05) is 0 Å². The molecule has 4 rings (SSSR count). The third kappa shape index (κ3) is 8.62. The summed E-state index contributed by atoms with van der Waals surface area (Å²) < 4.78 is 2.77. The van der Waals surface area contributed by atoms with Gasteiger partial charge in [0.2, 0.25) is 0 Å². The predicted molar refractivity (Wildman–Crippen MR) is 174 cm³/mol. The lowest BCUT2D eigenvalue weighted by molar-refractivity contribution is -0.383. The summed E-state index contributed by atoms with van der Waals surface area (Å²) in [5.74, 6) is 0.199. The first-order chi connectivity index (χ1) is 21.0. The topological polar surface area (TPSA) is 100 Å². The second-order valence-electron chi connectivity index (χ2n) is 11.7. The largest absolute Gasteiger partial charge is 0.357 e. The zero-order valence-corrected chi connectivity index (χ0v) is 25.6. The zero-order chi connectivity index (χ0) is 30.4. The van der Waals surface area contributed by atoms with Crippen molar-refractivity contribution in [2.45, 2.75) is 116 Å². The van der Waals surface area contributed by atoms with E-state index in [4.69, 9.17) is 0 Å². The lowest BCUT2D eigenvalue weighted by Gasteiger charge is -2.18. The number of benzene rings is 2. The summed E-state index contributed by atoms with van der Waals surface area (Å²) >= 11 is 0. The molecule has 2 heterocycles. The van der Waals surface area contributed by atoms with Gasteiger partial charge in [0, 0.05) is 18.0 Å². The Morgan fingerprint density at radius 2 is 1.28 bits per heavy atom. The number of pyridine rings is 1. The van der Waals surface area contributed by atoms with Crippen LogP contribution in [0.15, 0.2) is 64.2 Å². The molecular weight excluding hydrogens is 540 g/mol. The molecule has 0 spiro atoms. The van der Waals surface area contributed by atoms with Gasteiger partial charge in [-0.1, -0.05) is 134 Å². The Morgan fingerprint density at radius 3 is 1.84 bits per heavy atom. The van der Waals surface area contributed by atoms with Gasteiger partial charge >= 0.3 is 5.69 Å². The van der Waals surface area contributed by atoms with Gasteiger partial charge in [0.15, 0.2) is 5.82 Å². The number of aromatic nitrogens is 3. The summed E-state index contributed by atoms with van der Waals surface area (Å²) in [7, 11) is 0. The van der Waals surface area contributed by atoms with Crippen LogP contribution in [0.3, 0.4) is 0 Å². The van der Waals surface area contributed by atoms with Crippen molar-refractivity contribution in [1.29, 1.82) is 0 Å². The van der Waals surface area contributed by atoms with Gasteiger partial charge in [-0.2, -0.15) is 4.98 Å². The van der Waals surface area contributed by atoms with E-state index < -0.39 is 16.2 Å². The molecule has 0 N–H and O–H groups in total. The summed E-state index contributed by atoms with van der Waals surface area (Å²) in [6.07, 6.45) is 20.1. The molecule has 230 valence electrons. The van der Waals surface area contributed by atoms with Gasteiger partial charge in [0.05, 0.1) is 16.2 Å². The van der Waals surface area contributed by atoms with E-state index in [-0.39, 0.29) is 17.1 Å². The smallest absolute Gasteiger partial charge is 0.319 e. The maximum absolute atomic E-state index is 13.6. The molecule has 0 unspecified atom stereocenters. The standard InChI is InChI=1S/C35H46N4O4/c1-2-3-4-5-6-7-8-9-10-11-12-13-14-15-16-20-26-37-32-28(22-21-25-31(32)39(42)43)27-30-33(37)36-35(41)38(34(30)40)29-23-18-17-19-24-29/h17-19,21-25,27H,2-16,20,26H2,1H3. The minimum Gasteiger partial charge on any atom is -0.319 e. The Kier molecular flexibility index (Phi) is 12.5. The first-order valence-corrected chi connectivity index (χ1v) is 16.3. The van der Waals surface area contributed by atoms with Crippen LogP contribution in [0.4, 0.5) is 5.69 Å². The number of unbranched alkanes of at least 4 members (excludes halogenated alkanes) is 15. The van der Waals surface area contributed by atoms with Crippen LogP contribution in [0, 0.1) is 10.1 Å². The fraction of sp³-hybridized carbons (Fsp3) is 0.514. The normalized spacial score (nSPS) is 11.5. The molecule has 0 fully saturated rings. The van der Waals surface area contributed by atoms with E-state index in [9.17, 15) is 19.7 Å². The first-order valence-electron chi connectivity index (χ1n) is 16.3. The minimum absolute atomic E-state index is 0.0580. The molecule has 0 radical (unpaired) electrons. The third-order valence-electron chi connectivity index (χ3n) is 8.38. The molecule has 0 aliphatic carbocycles. The van der Waals surface area contributed by atoms with E-state index >= 15 is 0 Å². The Morgan fingerprint density at radius 1 is 0.721 bits per heavy atom. The van der Waals surface area contributed by atoms with Crippen LogP contribution in [0.5, 0.6) is 0 Å². The number of hydrogen-bond donors (Lipinski definition) is 0. The van der Waals surface area contributed by atoms with Gasteiger partial charge in [-0.15, -0.1) is 0 Å². The maximum Gasteiger partial charge on any atom is 0.357 e. The Labute approximate surface area is 254 Å². The van der Waals surface area contributed by atoms with Crippen molar-refractivity contribution in [3.63, 3.8) is 0 Å². The molecule has 0 saturated heterocycles. The molecule has 2 aromatic rings. The van der Waals surface area contributed by atoms with Crippen LogP contribution in [-0.2, 0) is 6.54 Å². The monoisotopic (exact) mass is 586 g/mol. The van der Waals surface area contributed by atoms with Crippen molar-refractivity contribution >= 4 is 16.6 Å². The second-order valence-corrected chi connectivity index (χ2v) is 11.7. The van der Waals surface area contributed by atoms with Crippen molar-refractivity contribution in [2.24, 2.45) is 0 Å². The van der Waals surface area contributed by atoms with Gasteiger partial charge in [-0.3, -0.25) is 14.9 Å². The average Bonchev–Trinajstić information content (AvgIpc) is 3.01. The van der Waals surface area contributed by atoms with Gasteiger partial charge < -0.3 is 4.57 Å². The quantitative estimate of drug-likeness (QED) is 0.0473. The number of nitro benzene ring substituents is 1. The van der Waals surface area contributed by atoms with Gasteiger partial charge in [-0.25, -0.2) is 9.36 Å². The average molecular weight is 587 g/mol. The van der Waals surface area contributed by atoms with Crippen molar-refractivity contribution in [1.82, 2.24) is 14.1 Å². The van der Waals surface area contributed by atoms with Gasteiger partial charge in [0.1, 0.15) is 5.52 Å². The summed E-state index contributed by atoms with van der Waals surface area (Å²) in [6.45, 7) is 2.70. The number of para-hydroxylation sites is 2. The predicted octanol–water partition coefficient (Wildman–Crippen LogP) is 8.82. The van der Waals surface area contributed by atoms with E-state index in [0.717, 1.165) is 23.8 Å². The number of non-ortho nitro benzene ring substituents is 1. The fourth-order valence-electron chi connectivity index (χ4n) is 6.04. The number of nitrogens with zero attached hydrogens (tertiary/aromatic N) is 4. The number of fused-ring (bicyclic) bond motifs is 2. The number of rotatable bonds is 19. The van der Waals surface area contributed by atoms with E-state index in [1.165, 1.54) is 89.5 Å². The van der Waals surface area contributed by atoms with E-state index in [2.05, 4.69) is 11.9 Å². The van der Waals surface area contributed by atoms with Gasteiger partial charge in [-0.05, 0) is 24.6 Å². The molecule has 0 bridgehead atoms. The van der Waals surface area contributed by atoms with Crippen molar-refractivity contribution < 1.29 is 4.92 Å². The molecule has 2 aliphatic heterocycles. The zero-order valence-electron chi connectivity index (χ0n) is 25.6. The lowest BCUT2D eigenvalue weighted by Crippen LogP contribution is -2.37. The fourth-order valence-corrected chi connectivity index (χ4v) is 6.04. The molecule has 43 heavy (non-hydrogen) atoms. The minimum atomic E-state index is -0.692. The third-order valence-corrected chi connectivity index (χ3v) is 8.38. The highest BCUT2D eigenvalue weighted by Gasteiger charge is 2.24. The Hall–Kier alpha value is -3.81. The highest BCUT2D eigenvalue weighted by atomic mass is 16.6. The maximum atomic E-state index is 13.6. The molecule has 0 saturated carbocycles. The molecule has 0 amide bonds. The van der Waals surface area contributed by atoms with Crippen LogP contribution in [0.2, 0.25) is 0 Å². The van der Waals surface area contributed by atoms with E-state index in [1.54, 1.807) is 47.0 Å². The first kappa shape index (κ1) is 32.1. The number of hydrogen-bond acceptors (Lipinski definition) is 5. The number of nitro groups is 1. The Balaban J connectivity index is 1.36. The van der Waals surface area contributed by atoms with Crippen molar-refractivity contribution in [3.05, 3.63) is 85.5 Å². The second kappa shape index (κ2) is 16.7. The molecule has 8 heteroatoms. The Bertz CT molecular complexity index is 1540. The van der Waals surface area contributed by atoms with Crippen LogP contribution in [-0.4, -0.2) is 19.0 Å². The lowest BCUT2D eigenvalue weighted by atomic mass is 10.0. The molecule has 2 aromatic carbocycles. The molecule has 8 nitrogen and oxygen atoms in total. The van der Waals surface area contributed by atoms with E-state index in [1.807, 2.05) is 6.07 Å². The summed E-state index contributed by atoms with van der Waals surface area (Å²) in [4.78, 5) is 42.5. The van der Waals surface area contributed by atoms with Crippen LogP contribution in [0.1, 0.15) is 110 Å². The van der Waals surface area contributed by atoms with Gasteiger partial charge in [0.25, 0.3) is 11.2 Å². The van der Waals surface area contributed by atoms with E-state index in [0.29, 0.717) is 23.1 Å². The summed E-state index contributed by atoms with van der Waals surface area (Å²) in [5.41, 5.74) is -0.122. The van der Waals surface area contributed by atoms with Crippen LogP contribution >= 0.6 is 0 Å². The van der Waals surface area contributed by atoms with Crippen LogP contribution in [0.25, 0.3) is 28.0 Å². The SMILES string of the molecule is CCCCCCCCCCCCCCCCCCn1c2nc(=O)n(-c3ccccc3)c(=O)c-2cc2cccc([N+](=O)[O-])c21. The summed E-state index contributed by atoms with van der Waals surface area (Å²) in [6, 6.07) is 15.2. The molecule has 0 atom stereocenters. The molecular formula is C35H46N4O4. The van der Waals surface area contributed by atoms with Crippen LogP contribution < -0.4 is 11.2 Å². The molecule has 2 aliphatic rings. The number of aryl methyl sites for hydroxylation is 1. The van der Waals surface area contributed by atoms with Crippen molar-refractivity contribution in [3.8, 4) is 17.1 Å². The highest BCUT2D eigenvalue weighted by Crippen LogP contribution is 2.31. The highest BCUT2D eigenvalue weighted by molar-refractivity contribution is 5.92. The summed E-state index contributed by atoms with van der Waals surface area (Å²) in [5, 5.41) is 12.5.